The summed E-state index contributed by atoms with van der Waals surface area (Å²) in [6.07, 6.45) is 1.05. The summed E-state index contributed by atoms with van der Waals surface area (Å²) in [7, 11) is 1.97. The molecular weight excluding hydrogens is 234 g/mol. The molecule has 1 aromatic heterocycles. The molecule has 0 aromatic carbocycles. The van der Waals surface area contributed by atoms with Crippen LogP contribution < -0.4 is 5.32 Å². The van der Waals surface area contributed by atoms with Crippen molar-refractivity contribution in [1.29, 1.82) is 0 Å². The van der Waals surface area contributed by atoms with Gasteiger partial charge in [-0.3, -0.25) is 0 Å². The lowest BCUT2D eigenvalue weighted by Gasteiger charge is -2.18. The number of hydrogen-bond donors (Lipinski definition) is 1. The topological polar surface area (TPSA) is 51.0 Å². The summed E-state index contributed by atoms with van der Waals surface area (Å²) in [5.74, 6) is 2.63. The highest BCUT2D eigenvalue weighted by molar-refractivity contribution is 7.99. The van der Waals surface area contributed by atoms with Gasteiger partial charge in [0.15, 0.2) is 5.82 Å². The maximum absolute atomic E-state index is 5.33. The van der Waals surface area contributed by atoms with Crippen molar-refractivity contribution >= 4 is 11.8 Å². The van der Waals surface area contributed by atoms with Gasteiger partial charge in [0.2, 0.25) is 5.89 Å². The number of nitrogens with zero attached hydrogens (tertiary/aromatic N) is 2. The molecular formula is C12H23N3OS. The van der Waals surface area contributed by atoms with Gasteiger partial charge >= 0.3 is 0 Å². The molecule has 0 aliphatic carbocycles. The highest BCUT2D eigenvalue weighted by atomic mass is 32.2. The van der Waals surface area contributed by atoms with Crippen molar-refractivity contribution in [3.63, 3.8) is 0 Å². The Labute approximate surface area is 108 Å². The Balaban J connectivity index is 2.60. The molecule has 0 fully saturated rings. The van der Waals surface area contributed by atoms with Gasteiger partial charge in [0, 0.05) is 6.04 Å². The van der Waals surface area contributed by atoms with E-state index < -0.39 is 0 Å². The van der Waals surface area contributed by atoms with E-state index in [9.17, 15) is 0 Å². The third-order valence-corrected chi connectivity index (χ3v) is 3.92. The molecule has 2 unspecified atom stereocenters. The van der Waals surface area contributed by atoms with Crippen LogP contribution in [0.5, 0.6) is 0 Å². The second kappa shape index (κ2) is 7.01. The minimum absolute atomic E-state index is 0.260. The molecule has 0 saturated carbocycles. The second-order valence-corrected chi connectivity index (χ2v) is 6.07. The number of likely N-dealkylation sites (N-methyl/N-ethyl adjacent to an activating group) is 1. The smallest absolute Gasteiger partial charge is 0.231 e. The molecule has 0 aliphatic heterocycles. The first-order chi connectivity index (χ1) is 8.08. The summed E-state index contributed by atoms with van der Waals surface area (Å²) in [6, 6.07) is 0.390. The average molecular weight is 257 g/mol. The molecule has 0 spiro atoms. The van der Waals surface area contributed by atoms with Gasteiger partial charge in [0.25, 0.3) is 0 Å². The van der Waals surface area contributed by atoms with Crippen LogP contribution in [0.3, 0.4) is 0 Å². The van der Waals surface area contributed by atoms with E-state index in [1.807, 2.05) is 18.8 Å². The van der Waals surface area contributed by atoms with Crippen LogP contribution in [0.1, 0.15) is 51.7 Å². The van der Waals surface area contributed by atoms with Gasteiger partial charge in [-0.1, -0.05) is 32.9 Å². The largest absolute Gasteiger partial charge is 0.339 e. The van der Waals surface area contributed by atoms with Gasteiger partial charge in [-0.15, -0.1) is 0 Å². The van der Waals surface area contributed by atoms with E-state index in [0.717, 1.165) is 23.9 Å². The van der Waals surface area contributed by atoms with Crippen LogP contribution in [0.25, 0.3) is 0 Å². The average Bonchev–Trinajstić information content (AvgIpc) is 2.76. The first-order valence-electron chi connectivity index (χ1n) is 6.19. The van der Waals surface area contributed by atoms with Crippen molar-refractivity contribution in [2.24, 2.45) is 0 Å². The van der Waals surface area contributed by atoms with Gasteiger partial charge in [0.1, 0.15) is 0 Å². The quantitative estimate of drug-likeness (QED) is 0.814. The Morgan fingerprint density at radius 2 is 2.06 bits per heavy atom. The molecule has 0 amide bonds. The van der Waals surface area contributed by atoms with Crippen LogP contribution in [0, 0.1) is 0 Å². The summed E-state index contributed by atoms with van der Waals surface area (Å²) in [5, 5.41) is 7.89. The summed E-state index contributed by atoms with van der Waals surface area (Å²) in [4.78, 5) is 4.46. The Kier molecular flexibility index (Phi) is 5.98. The molecule has 1 N–H and O–H groups in total. The zero-order valence-electron chi connectivity index (χ0n) is 11.4. The minimum Gasteiger partial charge on any atom is -0.339 e. The van der Waals surface area contributed by atoms with E-state index in [4.69, 9.17) is 4.52 Å². The first kappa shape index (κ1) is 14.5. The van der Waals surface area contributed by atoms with E-state index in [1.54, 1.807) is 0 Å². The Morgan fingerprint density at radius 3 is 2.59 bits per heavy atom. The van der Waals surface area contributed by atoms with E-state index in [2.05, 4.69) is 43.2 Å². The molecule has 0 radical (unpaired) electrons. The van der Waals surface area contributed by atoms with Crippen LogP contribution in [0.2, 0.25) is 0 Å². The molecule has 17 heavy (non-hydrogen) atoms. The SMILES string of the molecule is CCC(NC)C(C)c1nc(CSC(C)C)no1. The molecule has 0 aliphatic rings. The third kappa shape index (κ3) is 4.32. The summed E-state index contributed by atoms with van der Waals surface area (Å²) < 4.78 is 5.33. The summed E-state index contributed by atoms with van der Waals surface area (Å²) in [5.41, 5.74) is 0. The predicted molar refractivity (Wildman–Crippen MR) is 72.3 cm³/mol. The second-order valence-electron chi connectivity index (χ2n) is 4.50. The lowest BCUT2D eigenvalue weighted by Crippen LogP contribution is -2.30. The lowest BCUT2D eigenvalue weighted by molar-refractivity contribution is 0.324. The Bertz CT molecular complexity index is 323. The molecule has 1 heterocycles. The van der Waals surface area contributed by atoms with Crippen LogP contribution >= 0.6 is 11.8 Å². The molecule has 5 heteroatoms. The van der Waals surface area contributed by atoms with Crippen molar-refractivity contribution in [2.45, 2.75) is 57.1 Å². The van der Waals surface area contributed by atoms with Crippen molar-refractivity contribution in [3.05, 3.63) is 11.7 Å². The molecule has 98 valence electrons. The van der Waals surface area contributed by atoms with E-state index in [-0.39, 0.29) is 5.92 Å². The van der Waals surface area contributed by atoms with Crippen LogP contribution in [0.15, 0.2) is 4.52 Å². The van der Waals surface area contributed by atoms with Gasteiger partial charge in [-0.25, -0.2) is 0 Å². The molecule has 0 bridgehead atoms. The first-order valence-corrected chi connectivity index (χ1v) is 7.24. The van der Waals surface area contributed by atoms with Crippen LogP contribution in [-0.4, -0.2) is 28.5 Å². The maximum Gasteiger partial charge on any atom is 0.231 e. The molecule has 2 atom stereocenters. The number of hydrogen-bond acceptors (Lipinski definition) is 5. The number of rotatable bonds is 7. The number of aromatic nitrogens is 2. The highest BCUT2D eigenvalue weighted by Crippen LogP contribution is 2.21. The molecule has 0 saturated heterocycles. The minimum atomic E-state index is 0.260. The van der Waals surface area contributed by atoms with Crippen LogP contribution in [-0.2, 0) is 5.75 Å². The van der Waals surface area contributed by atoms with Gasteiger partial charge in [0.05, 0.1) is 11.7 Å². The standard InChI is InChI=1S/C12H23N3OS/c1-6-10(13-5)9(4)12-14-11(15-16-12)7-17-8(2)3/h8-10,13H,6-7H2,1-5H3. The highest BCUT2D eigenvalue weighted by Gasteiger charge is 2.21. The third-order valence-electron chi connectivity index (χ3n) is 2.83. The molecule has 1 aromatic rings. The van der Waals surface area contributed by atoms with E-state index in [0.29, 0.717) is 11.3 Å². The monoisotopic (exact) mass is 257 g/mol. The van der Waals surface area contributed by atoms with Gasteiger partial charge in [-0.2, -0.15) is 16.7 Å². The summed E-state index contributed by atoms with van der Waals surface area (Å²) in [6.45, 7) is 8.62. The van der Waals surface area contributed by atoms with Gasteiger partial charge < -0.3 is 9.84 Å². The fourth-order valence-electron chi connectivity index (χ4n) is 1.73. The van der Waals surface area contributed by atoms with Crippen molar-refractivity contribution in [2.75, 3.05) is 7.05 Å². The van der Waals surface area contributed by atoms with Crippen LogP contribution in [0.4, 0.5) is 0 Å². The summed E-state index contributed by atoms with van der Waals surface area (Å²) >= 11 is 1.83. The fraction of sp³-hybridized carbons (Fsp3) is 0.833. The maximum atomic E-state index is 5.33. The van der Waals surface area contributed by atoms with Gasteiger partial charge in [-0.05, 0) is 18.7 Å². The zero-order valence-corrected chi connectivity index (χ0v) is 12.2. The Morgan fingerprint density at radius 1 is 1.35 bits per heavy atom. The zero-order chi connectivity index (χ0) is 12.8. The van der Waals surface area contributed by atoms with Crippen molar-refractivity contribution in [1.82, 2.24) is 15.5 Å². The van der Waals surface area contributed by atoms with E-state index >= 15 is 0 Å². The molecule has 1 rings (SSSR count). The van der Waals surface area contributed by atoms with E-state index in [1.165, 1.54) is 0 Å². The number of thioether (sulfide) groups is 1. The van der Waals surface area contributed by atoms with Crippen molar-refractivity contribution < 1.29 is 4.52 Å². The fourth-order valence-corrected chi connectivity index (χ4v) is 2.33. The molecule has 4 nitrogen and oxygen atoms in total. The lowest BCUT2D eigenvalue weighted by atomic mass is 10.00. The number of nitrogens with one attached hydrogen (secondary N) is 1. The predicted octanol–water partition coefficient (Wildman–Crippen LogP) is 2.81. The van der Waals surface area contributed by atoms with Crippen molar-refractivity contribution in [3.8, 4) is 0 Å². The Hall–Kier alpha value is -0.550. The normalized spacial score (nSPS) is 15.2.